The monoisotopic (exact) mass is 262 g/mol. The molecule has 2 heteroatoms. The van der Waals surface area contributed by atoms with Crippen LogP contribution in [0.2, 0.25) is 0 Å². The van der Waals surface area contributed by atoms with Gasteiger partial charge < -0.3 is 4.74 Å². The molecule has 0 aliphatic heterocycles. The molecule has 0 aromatic heterocycles. The molecule has 0 bridgehead atoms. The normalized spacial score (nSPS) is 14.8. The third-order valence-corrected chi connectivity index (χ3v) is 3.82. The van der Waals surface area contributed by atoms with Gasteiger partial charge in [-0.2, -0.15) is 0 Å². The van der Waals surface area contributed by atoms with Gasteiger partial charge in [0.1, 0.15) is 0 Å². The predicted octanol–water partition coefficient (Wildman–Crippen LogP) is 4.21. The number of carbonyl (C=O) groups is 1. The van der Waals surface area contributed by atoms with E-state index in [1.807, 2.05) is 20.8 Å². The van der Waals surface area contributed by atoms with E-state index in [1.165, 1.54) is 5.56 Å². The van der Waals surface area contributed by atoms with Gasteiger partial charge in [-0.05, 0) is 36.8 Å². The van der Waals surface area contributed by atoms with E-state index < -0.39 is 5.41 Å². The molecule has 1 aromatic carbocycles. The maximum atomic E-state index is 12.2. The maximum absolute atomic E-state index is 12.2. The first-order valence-corrected chi connectivity index (χ1v) is 7.04. The average Bonchev–Trinajstić information content (AvgIpc) is 2.37. The van der Waals surface area contributed by atoms with E-state index in [0.29, 0.717) is 6.61 Å². The minimum absolute atomic E-state index is 0.130. The molecule has 1 atom stereocenters. The summed E-state index contributed by atoms with van der Waals surface area (Å²) in [6.45, 7) is 12.8. The van der Waals surface area contributed by atoms with E-state index in [0.717, 1.165) is 12.0 Å². The quantitative estimate of drug-likeness (QED) is 0.760. The third kappa shape index (κ3) is 3.37. The Hall–Kier alpha value is -1.31. The van der Waals surface area contributed by atoms with Crippen LogP contribution in [0.4, 0.5) is 0 Å². The SMILES string of the molecule is CCOC(=O)C(C)(CC)c1ccc(C(C)(C)C)cc1. The van der Waals surface area contributed by atoms with Crippen molar-refractivity contribution in [2.75, 3.05) is 6.61 Å². The highest BCUT2D eigenvalue weighted by molar-refractivity contribution is 5.82. The number of benzene rings is 1. The van der Waals surface area contributed by atoms with Crippen LogP contribution in [0, 0.1) is 0 Å². The van der Waals surface area contributed by atoms with Crippen LogP contribution in [0.25, 0.3) is 0 Å². The van der Waals surface area contributed by atoms with E-state index in [4.69, 9.17) is 4.74 Å². The Balaban J connectivity index is 3.10. The van der Waals surface area contributed by atoms with Crippen LogP contribution in [-0.2, 0) is 20.4 Å². The number of ether oxygens (including phenoxy) is 1. The minimum atomic E-state index is -0.549. The van der Waals surface area contributed by atoms with Gasteiger partial charge in [0.2, 0.25) is 0 Å². The van der Waals surface area contributed by atoms with Crippen LogP contribution < -0.4 is 0 Å². The van der Waals surface area contributed by atoms with Crippen molar-refractivity contribution in [1.29, 1.82) is 0 Å². The molecular weight excluding hydrogens is 236 g/mol. The van der Waals surface area contributed by atoms with Gasteiger partial charge in [-0.25, -0.2) is 0 Å². The fourth-order valence-corrected chi connectivity index (χ4v) is 2.09. The molecule has 0 radical (unpaired) electrons. The van der Waals surface area contributed by atoms with Crippen molar-refractivity contribution in [3.8, 4) is 0 Å². The molecule has 19 heavy (non-hydrogen) atoms. The summed E-state index contributed by atoms with van der Waals surface area (Å²) < 4.78 is 5.21. The molecule has 0 amide bonds. The first-order valence-electron chi connectivity index (χ1n) is 7.04. The number of carbonyl (C=O) groups excluding carboxylic acids is 1. The lowest BCUT2D eigenvalue weighted by atomic mass is 9.78. The second kappa shape index (κ2) is 5.77. The molecule has 0 saturated heterocycles. The van der Waals surface area contributed by atoms with E-state index in [9.17, 15) is 4.79 Å². The highest BCUT2D eigenvalue weighted by Gasteiger charge is 2.34. The van der Waals surface area contributed by atoms with E-state index >= 15 is 0 Å². The molecule has 2 nitrogen and oxygen atoms in total. The number of esters is 1. The average molecular weight is 262 g/mol. The Morgan fingerprint density at radius 1 is 1.00 bits per heavy atom. The second-order valence-corrected chi connectivity index (χ2v) is 6.23. The zero-order valence-corrected chi connectivity index (χ0v) is 13.0. The van der Waals surface area contributed by atoms with E-state index in [-0.39, 0.29) is 11.4 Å². The summed E-state index contributed by atoms with van der Waals surface area (Å²) in [6, 6.07) is 8.34. The van der Waals surface area contributed by atoms with Crippen LogP contribution in [0.15, 0.2) is 24.3 Å². The summed E-state index contributed by atoms with van der Waals surface area (Å²) in [5, 5.41) is 0. The van der Waals surface area contributed by atoms with Crippen LogP contribution in [-0.4, -0.2) is 12.6 Å². The molecule has 0 N–H and O–H groups in total. The Labute approximate surface area is 117 Å². The zero-order valence-electron chi connectivity index (χ0n) is 13.0. The van der Waals surface area contributed by atoms with Gasteiger partial charge in [-0.1, -0.05) is 52.0 Å². The second-order valence-electron chi connectivity index (χ2n) is 6.23. The molecule has 0 fully saturated rings. The lowest BCUT2D eigenvalue weighted by Gasteiger charge is -2.27. The largest absolute Gasteiger partial charge is 0.465 e. The molecule has 0 saturated carbocycles. The Kier molecular flexibility index (Phi) is 4.78. The van der Waals surface area contributed by atoms with E-state index in [1.54, 1.807) is 0 Å². The number of hydrogen-bond donors (Lipinski definition) is 0. The summed E-state index contributed by atoms with van der Waals surface area (Å²) in [5.74, 6) is -0.138. The van der Waals surface area contributed by atoms with Crippen molar-refractivity contribution in [3.63, 3.8) is 0 Å². The van der Waals surface area contributed by atoms with Gasteiger partial charge in [0.15, 0.2) is 0 Å². The van der Waals surface area contributed by atoms with Gasteiger partial charge in [-0.15, -0.1) is 0 Å². The standard InChI is InChI=1S/C17H26O2/c1-7-17(6,15(18)19-8-2)14-11-9-13(10-12-14)16(3,4)5/h9-12H,7-8H2,1-6H3. The molecule has 0 spiro atoms. The summed E-state index contributed by atoms with van der Waals surface area (Å²) in [5.41, 5.74) is 1.89. The molecule has 106 valence electrons. The predicted molar refractivity (Wildman–Crippen MR) is 79.4 cm³/mol. The molecule has 1 unspecified atom stereocenters. The van der Waals surface area contributed by atoms with Crippen molar-refractivity contribution in [3.05, 3.63) is 35.4 Å². The fraction of sp³-hybridized carbons (Fsp3) is 0.588. The number of hydrogen-bond acceptors (Lipinski definition) is 2. The van der Waals surface area contributed by atoms with Crippen LogP contribution in [0.3, 0.4) is 0 Å². The van der Waals surface area contributed by atoms with Gasteiger partial charge in [0, 0.05) is 0 Å². The number of rotatable bonds is 4. The smallest absolute Gasteiger partial charge is 0.316 e. The maximum Gasteiger partial charge on any atom is 0.316 e. The van der Waals surface area contributed by atoms with Gasteiger partial charge in [0.25, 0.3) is 0 Å². The lowest BCUT2D eigenvalue weighted by Crippen LogP contribution is -2.33. The Bertz CT molecular complexity index is 426. The van der Waals surface area contributed by atoms with Gasteiger partial charge in [0.05, 0.1) is 12.0 Å². The van der Waals surface area contributed by atoms with Crippen molar-refractivity contribution >= 4 is 5.97 Å². The van der Waals surface area contributed by atoms with Crippen LogP contribution in [0.5, 0.6) is 0 Å². The van der Waals surface area contributed by atoms with Crippen molar-refractivity contribution in [2.45, 2.75) is 58.8 Å². The first kappa shape index (κ1) is 15.7. The highest BCUT2D eigenvalue weighted by atomic mass is 16.5. The first-order chi connectivity index (χ1) is 8.75. The van der Waals surface area contributed by atoms with Gasteiger partial charge in [-0.3, -0.25) is 4.79 Å². The fourth-order valence-electron chi connectivity index (χ4n) is 2.09. The van der Waals surface area contributed by atoms with Crippen molar-refractivity contribution < 1.29 is 9.53 Å². The summed E-state index contributed by atoms with van der Waals surface area (Å²) >= 11 is 0. The van der Waals surface area contributed by atoms with Crippen molar-refractivity contribution in [1.82, 2.24) is 0 Å². The zero-order chi connectivity index (χ0) is 14.7. The summed E-state index contributed by atoms with van der Waals surface area (Å²) in [7, 11) is 0. The molecule has 1 aromatic rings. The van der Waals surface area contributed by atoms with Crippen LogP contribution in [0.1, 0.15) is 59.1 Å². The van der Waals surface area contributed by atoms with E-state index in [2.05, 4.69) is 45.0 Å². The van der Waals surface area contributed by atoms with Gasteiger partial charge >= 0.3 is 5.97 Å². The molecule has 0 aliphatic carbocycles. The Morgan fingerprint density at radius 2 is 1.47 bits per heavy atom. The summed E-state index contributed by atoms with van der Waals surface area (Å²) in [4.78, 5) is 12.2. The molecule has 0 heterocycles. The molecule has 1 rings (SSSR count). The third-order valence-electron chi connectivity index (χ3n) is 3.82. The molecular formula is C17H26O2. The lowest BCUT2D eigenvalue weighted by molar-refractivity contribution is -0.149. The Morgan fingerprint density at radius 3 is 1.84 bits per heavy atom. The topological polar surface area (TPSA) is 26.3 Å². The van der Waals surface area contributed by atoms with Crippen LogP contribution >= 0.6 is 0 Å². The molecule has 0 aliphatic rings. The summed E-state index contributed by atoms with van der Waals surface area (Å²) in [6.07, 6.45) is 0.737. The highest BCUT2D eigenvalue weighted by Crippen LogP contribution is 2.31. The van der Waals surface area contributed by atoms with Crippen molar-refractivity contribution in [2.24, 2.45) is 0 Å². The minimum Gasteiger partial charge on any atom is -0.465 e.